The van der Waals surface area contributed by atoms with E-state index in [1.807, 2.05) is 6.92 Å². The third kappa shape index (κ3) is 6.02. The Morgan fingerprint density at radius 1 is 1.10 bits per heavy atom. The first kappa shape index (κ1) is 27.6. The van der Waals surface area contributed by atoms with Gasteiger partial charge in [-0.3, -0.25) is 9.78 Å². The maximum Gasteiger partial charge on any atom is 0.433 e. The summed E-state index contributed by atoms with van der Waals surface area (Å²) in [6.45, 7) is 2.42. The van der Waals surface area contributed by atoms with E-state index >= 15 is 0 Å². The van der Waals surface area contributed by atoms with Crippen LogP contribution in [0.1, 0.15) is 40.0 Å². The lowest BCUT2D eigenvalue weighted by Gasteiger charge is -2.35. The van der Waals surface area contributed by atoms with Crippen LogP contribution in [-0.2, 0) is 20.4 Å². The first-order chi connectivity index (χ1) is 18.6. The van der Waals surface area contributed by atoms with E-state index in [0.29, 0.717) is 36.1 Å². The molecule has 4 rings (SSSR count). The average molecular weight is 540 g/mol. The largest absolute Gasteiger partial charge is 0.474 e. The van der Waals surface area contributed by atoms with Gasteiger partial charge in [-0.05, 0) is 60.0 Å². The molecular weight excluding hydrogens is 515 g/mol. The zero-order valence-electron chi connectivity index (χ0n) is 21.1. The Morgan fingerprint density at radius 2 is 1.85 bits per heavy atom. The highest BCUT2D eigenvalue weighted by Crippen LogP contribution is 2.36. The van der Waals surface area contributed by atoms with Crippen molar-refractivity contribution in [3.8, 4) is 22.9 Å². The second-order valence-corrected chi connectivity index (χ2v) is 8.93. The van der Waals surface area contributed by atoms with Crippen LogP contribution in [0.4, 0.5) is 18.9 Å². The number of nitriles is 1. The van der Waals surface area contributed by atoms with Crippen molar-refractivity contribution in [3.05, 3.63) is 77.1 Å². The number of nitrogens with one attached hydrogen (secondary N) is 1. The molecule has 202 valence electrons. The summed E-state index contributed by atoms with van der Waals surface area (Å²) in [5.41, 5.74) is 0.0156. The van der Waals surface area contributed by atoms with Gasteiger partial charge in [0.05, 0.1) is 25.9 Å². The number of ether oxygens (including phenoxy) is 3. The summed E-state index contributed by atoms with van der Waals surface area (Å²) in [7, 11) is 1.27. The summed E-state index contributed by atoms with van der Waals surface area (Å²) in [6.07, 6.45) is -3.25. The van der Waals surface area contributed by atoms with Gasteiger partial charge in [-0.25, -0.2) is 4.79 Å². The van der Waals surface area contributed by atoms with Crippen molar-refractivity contribution in [3.63, 3.8) is 0 Å². The predicted molar refractivity (Wildman–Crippen MR) is 134 cm³/mol. The van der Waals surface area contributed by atoms with Crippen molar-refractivity contribution in [2.75, 3.05) is 25.6 Å². The number of aromatic nitrogens is 1. The summed E-state index contributed by atoms with van der Waals surface area (Å²) in [5.74, 6) is -1.11. The number of hydrogen-bond donors (Lipinski definition) is 1. The van der Waals surface area contributed by atoms with Crippen LogP contribution in [0.3, 0.4) is 0 Å². The fourth-order valence-electron chi connectivity index (χ4n) is 4.25. The standard InChI is InChI=1S/C28H24F3N3O5/c1-17-3-6-21(34-25(35)19-7-10-33-24(14-19)28(29,30)31)15-22(17)18-4-5-20(16-32)23(13-18)39-27(26(36)37-2)8-11-38-12-9-27/h3-7,10,13-15H,8-9,11-12H2,1-2H3,(H,34,35). The zero-order chi connectivity index (χ0) is 28.2. The number of carbonyl (C=O) groups excluding carboxylic acids is 2. The van der Waals surface area contributed by atoms with Crippen molar-refractivity contribution in [2.24, 2.45) is 0 Å². The quantitative estimate of drug-likeness (QED) is 0.423. The molecule has 8 nitrogen and oxygen atoms in total. The third-order valence-electron chi connectivity index (χ3n) is 6.38. The lowest BCUT2D eigenvalue weighted by atomic mass is 9.93. The minimum Gasteiger partial charge on any atom is -0.474 e. The predicted octanol–water partition coefficient (Wildman–Crippen LogP) is 5.30. The number of pyridine rings is 1. The van der Waals surface area contributed by atoms with E-state index in [1.165, 1.54) is 13.2 Å². The number of aryl methyl sites for hydroxylation is 1. The van der Waals surface area contributed by atoms with Crippen molar-refractivity contribution in [1.29, 1.82) is 5.26 Å². The van der Waals surface area contributed by atoms with Crippen molar-refractivity contribution in [1.82, 2.24) is 4.98 Å². The van der Waals surface area contributed by atoms with Crippen LogP contribution in [0.5, 0.6) is 5.75 Å². The van der Waals surface area contributed by atoms with Crippen molar-refractivity contribution < 1.29 is 37.0 Å². The molecule has 11 heteroatoms. The summed E-state index contributed by atoms with van der Waals surface area (Å²) >= 11 is 0. The van der Waals surface area contributed by atoms with E-state index < -0.39 is 29.3 Å². The number of carbonyl (C=O) groups is 2. The van der Waals surface area contributed by atoms with E-state index in [9.17, 15) is 28.0 Å². The number of benzene rings is 2. The molecule has 1 saturated heterocycles. The van der Waals surface area contributed by atoms with Crippen LogP contribution >= 0.6 is 0 Å². The lowest BCUT2D eigenvalue weighted by Crippen LogP contribution is -2.49. The molecule has 0 spiro atoms. The first-order valence-corrected chi connectivity index (χ1v) is 11.9. The Bertz CT molecular complexity index is 1440. The SMILES string of the molecule is COC(=O)C1(Oc2cc(-c3cc(NC(=O)c4ccnc(C(F)(F)F)c4)ccc3C)ccc2C#N)CCOCC1. The minimum absolute atomic E-state index is 0.188. The summed E-state index contributed by atoms with van der Waals surface area (Å²) < 4.78 is 55.6. The highest BCUT2D eigenvalue weighted by atomic mass is 19.4. The van der Waals surface area contributed by atoms with E-state index in [0.717, 1.165) is 11.8 Å². The molecule has 1 aliphatic heterocycles. The Kier molecular flexibility index (Phi) is 7.88. The molecule has 1 N–H and O–H groups in total. The van der Waals surface area contributed by atoms with Crippen molar-refractivity contribution in [2.45, 2.75) is 31.5 Å². The van der Waals surface area contributed by atoms with Gasteiger partial charge in [0.2, 0.25) is 5.60 Å². The number of nitrogens with zero attached hydrogens (tertiary/aromatic N) is 2. The van der Waals surface area contributed by atoms with Crippen LogP contribution in [-0.4, -0.2) is 42.8 Å². The molecule has 0 bridgehead atoms. The number of hydrogen-bond acceptors (Lipinski definition) is 7. The summed E-state index contributed by atoms with van der Waals surface area (Å²) in [6, 6.07) is 13.9. The van der Waals surface area contributed by atoms with Gasteiger partial charge < -0.3 is 19.5 Å². The number of anilines is 1. The number of methoxy groups -OCH3 is 1. The number of halogens is 3. The molecule has 0 atom stereocenters. The molecule has 1 aromatic heterocycles. The number of amides is 1. The number of rotatable bonds is 6. The van der Waals surface area contributed by atoms with Gasteiger partial charge in [-0.2, -0.15) is 18.4 Å². The third-order valence-corrected chi connectivity index (χ3v) is 6.38. The molecule has 2 aromatic carbocycles. The normalized spacial score (nSPS) is 14.7. The monoisotopic (exact) mass is 539 g/mol. The molecular formula is C28H24F3N3O5. The molecule has 2 heterocycles. The Hall–Kier alpha value is -4.43. The maximum atomic E-state index is 13.0. The molecule has 0 radical (unpaired) electrons. The molecule has 1 amide bonds. The number of alkyl halides is 3. The lowest BCUT2D eigenvalue weighted by molar-refractivity contribution is -0.167. The number of esters is 1. The zero-order valence-corrected chi connectivity index (χ0v) is 21.1. The minimum atomic E-state index is -4.68. The second-order valence-electron chi connectivity index (χ2n) is 8.93. The molecule has 0 saturated carbocycles. The van der Waals surface area contributed by atoms with Gasteiger partial charge >= 0.3 is 12.1 Å². The van der Waals surface area contributed by atoms with Gasteiger partial charge in [0.1, 0.15) is 17.5 Å². The van der Waals surface area contributed by atoms with E-state index in [4.69, 9.17) is 14.2 Å². The molecule has 1 fully saturated rings. The van der Waals surface area contributed by atoms with Crippen LogP contribution in [0, 0.1) is 18.3 Å². The second kappa shape index (κ2) is 11.1. The highest BCUT2D eigenvalue weighted by molar-refractivity contribution is 6.04. The molecule has 0 aliphatic carbocycles. The molecule has 0 unspecified atom stereocenters. The van der Waals surface area contributed by atoms with E-state index in [-0.39, 0.29) is 29.7 Å². The molecule has 1 aliphatic rings. The van der Waals surface area contributed by atoms with Gasteiger partial charge in [0.15, 0.2) is 0 Å². The van der Waals surface area contributed by atoms with E-state index in [1.54, 1.807) is 36.4 Å². The van der Waals surface area contributed by atoms with Crippen LogP contribution < -0.4 is 10.1 Å². The smallest absolute Gasteiger partial charge is 0.433 e. The maximum absolute atomic E-state index is 13.0. The molecule has 39 heavy (non-hydrogen) atoms. The Labute approximate surface area is 222 Å². The van der Waals surface area contributed by atoms with Gasteiger partial charge in [-0.15, -0.1) is 0 Å². The van der Waals surface area contributed by atoms with Gasteiger partial charge in [0.25, 0.3) is 5.91 Å². The Morgan fingerprint density at radius 3 is 2.51 bits per heavy atom. The van der Waals surface area contributed by atoms with Gasteiger partial charge in [0, 0.05) is 30.3 Å². The van der Waals surface area contributed by atoms with Crippen LogP contribution in [0.2, 0.25) is 0 Å². The Balaban J connectivity index is 1.65. The van der Waals surface area contributed by atoms with Crippen molar-refractivity contribution >= 4 is 17.6 Å². The molecule has 3 aromatic rings. The first-order valence-electron chi connectivity index (χ1n) is 11.9. The fraction of sp³-hybridized carbons (Fsp3) is 0.286. The van der Waals surface area contributed by atoms with Crippen LogP contribution in [0.25, 0.3) is 11.1 Å². The summed E-state index contributed by atoms with van der Waals surface area (Å²) in [5, 5.41) is 12.3. The average Bonchev–Trinajstić information content (AvgIpc) is 2.93. The van der Waals surface area contributed by atoms with Crippen LogP contribution in [0.15, 0.2) is 54.7 Å². The topological polar surface area (TPSA) is 111 Å². The van der Waals surface area contributed by atoms with E-state index in [2.05, 4.69) is 16.4 Å². The highest BCUT2D eigenvalue weighted by Gasteiger charge is 2.44. The summed E-state index contributed by atoms with van der Waals surface area (Å²) in [4.78, 5) is 28.6. The van der Waals surface area contributed by atoms with Gasteiger partial charge in [-0.1, -0.05) is 12.1 Å². The fourth-order valence-corrected chi connectivity index (χ4v) is 4.25.